The second-order valence-electron chi connectivity index (χ2n) is 7.39. The lowest BCUT2D eigenvalue weighted by Crippen LogP contribution is -2.47. The topological polar surface area (TPSA) is 58.6 Å². The molecule has 2 aromatic rings. The molecule has 0 saturated heterocycles. The monoisotopic (exact) mass is 410 g/mol. The van der Waals surface area contributed by atoms with Crippen molar-refractivity contribution in [1.82, 2.24) is 5.32 Å². The summed E-state index contributed by atoms with van der Waals surface area (Å²) in [6, 6.07) is 14.7. The minimum Gasteiger partial charge on any atom is -0.449 e. The van der Waals surface area contributed by atoms with Gasteiger partial charge in [-0.1, -0.05) is 61.2 Å². The van der Waals surface area contributed by atoms with Gasteiger partial charge in [0, 0.05) is 11.1 Å². The van der Waals surface area contributed by atoms with Crippen LogP contribution in [-0.2, 0) is 9.59 Å². The van der Waals surface area contributed by atoms with Crippen LogP contribution in [-0.4, -0.2) is 24.4 Å². The third-order valence-electron chi connectivity index (χ3n) is 5.30. The number of amides is 2. The third kappa shape index (κ3) is 4.46. The summed E-state index contributed by atoms with van der Waals surface area (Å²) >= 11 is 6.23. The van der Waals surface area contributed by atoms with Gasteiger partial charge in [0.15, 0.2) is 11.5 Å². The van der Waals surface area contributed by atoms with Crippen molar-refractivity contribution in [2.75, 3.05) is 11.4 Å². The molecule has 2 amide bonds. The molecule has 6 heteroatoms. The minimum atomic E-state index is -0.359. The summed E-state index contributed by atoms with van der Waals surface area (Å²) in [6.07, 6.45) is 7.10. The SMILES string of the molecule is O=C(CN1C(=O)C(=Cc2ccccc2Cl)Oc2ccccc21)NC1CCCCC1. The van der Waals surface area contributed by atoms with Gasteiger partial charge in [0.25, 0.3) is 5.91 Å². The van der Waals surface area contributed by atoms with E-state index in [0.717, 1.165) is 25.7 Å². The molecule has 1 heterocycles. The van der Waals surface area contributed by atoms with E-state index in [1.165, 1.54) is 11.3 Å². The van der Waals surface area contributed by atoms with E-state index in [1.807, 2.05) is 30.3 Å². The Kier molecular flexibility index (Phi) is 5.86. The highest BCUT2D eigenvalue weighted by molar-refractivity contribution is 6.32. The number of para-hydroxylation sites is 2. The lowest BCUT2D eigenvalue weighted by atomic mass is 9.95. The fourth-order valence-electron chi connectivity index (χ4n) is 3.82. The Labute approximate surface area is 175 Å². The van der Waals surface area contributed by atoms with Crippen LogP contribution in [0.3, 0.4) is 0 Å². The van der Waals surface area contributed by atoms with Crippen molar-refractivity contribution in [3.05, 3.63) is 64.9 Å². The molecule has 2 aliphatic rings. The van der Waals surface area contributed by atoms with E-state index in [-0.39, 0.29) is 30.2 Å². The number of hydrogen-bond acceptors (Lipinski definition) is 3. The summed E-state index contributed by atoms with van der Waals surface area (Å²) in [5, 5.41) is 3.60. The normalized spacial score (nSPS) is 18.3. The molecule has 150 valence electrons. The van der Waals surface area contributed by atoms with Crippen molar-refractivity contribution in [3.8, 4) is 5.75 Å². The summed E-state index contributed by atoms with van der Waals surface area (Å²) in [5.74, 6) is 0.166. The van der Waals surface area contributed by atoms with Crippen molar-refractivity contribution in [1.29, 1.82) is 0 Å². The molecule has 0 bridgehead atoms. The number of carbonyl (C=O) groups is 2. The van der Waals surface area contributed by atoms with Crippen LogP contribution in [0.4, 0.5) is 5.69 Å². The third-order valence-corrected chi connectivity index (χ3v) is 5.64. The lowest BCUT2D eigenvalue weighted by Gasteiger charge is -2.31. The molecule has 0 spiro atoms. The van der Waals surface area contributed by atoms with Crippen LogP contribution in [0.5, 0.6) is 5.75 Å². The first-order valence-corrected chi connectivity index (χ1v) is 10.3. The van der Waals surface area contributed by atoms with Crippen molar-refractivity contribution in [2.45, 2.75) is 38.1 Å². The van der Waals surface area contributed by atoms with E-state index in [4.69, 9.17) is 16.3 Å². The Balaban J connectivity index is 1.59. The summed E-state index contributed by atoms with van der Waals surface area (Å²) in [5.41, 5.74) is 1.27. The zero-order chi connectivity index (χ0) is 20.2. The smallest absolute Gasteiger partial charge is 0.294 e. The molecular formula is C23H23ClN2O3. The Morgan fingerprint density at radius 2 is 1.83 bits per heavy atom. The molecule has 2 aromatic carbocycles. The van der Waals surface area contributed by atoms with E-state index >= 15 is 0 Å². The van der Waals surface area contributed by atoms with Gasteiger partial charge >= 0.3 is 0 Å². The molecule has 4 rings (SSSR count). The van der Waals surface area contributed by atoms with E-state index in [9.17, 15) is 9.59 Å². The number of nitrogens with zero attached hydrogens (tertiary/aromatic N) is 1. The average molecular weight is 411 g/mol. The van der Waals surface area contributed by atoms with Crippen molar-refractivity contribution in [2.24, 2.45) is 0 Å². The summed E-state index contributed by atoms with van der Waals surface area (Å²) in [4.78, 5) is 27.3. The first-order valence-electron chi connectivity index (χ1n) is 9.96. The Hall–Kier alpha value is -2.79. The van der Waals surface area contributed by atoms with Gasteiger partial charge in [0.2, 0.25) is 5.91 Å². The number of hydrogen-bond donors (Lipinski definition) is 1. The number of nitrogens with one attached hydrogen (secondary N) is 1. The van der Waals surface area contributed by atoms with Gasteiger partial charge < -0.3 is 10.1 Å². The van der Waals surface area contributed by atoms with Crippen LogP contribution < -0.4 is 15.0 Å². The van der Waals surface area contributed by atoms with Crippen molar-refractivity contribution >= 4 is 35.2 Å². The van der Waals surface area contributed by atoms with E-state index in [2.05, 4.69) is 5.32 Å². The number of ether oxygens (including phenoxy) is 1. The molecule has 1 fully saturated rings. The van der Waals surface area contributed by atoms with Gasteiger partial charge in [-0.2, -0.15) is 0 Å². The molecule has 29 heavy (non-hydrogen) atoms. The number of halogens is 1. The van der Waals surface area contributed by atoms with Gasteiger partial charge in [-0.15, -0.1) is 0 Å². The molecule has 1 aliphatic carbocycles. The van der Waals surface area contributed by atoms with E-state index < -0.39 is 0 Å². The number of rotatable bonds is 4. The molecule has 0 aromatic heterocycles. The fraction of sp³-hybridized carbons (Fsp3) is 0.304. The number of benzene rings is 2. The highest BCUT2D eigenvalue weighted by Gasteiger charge is 2.32. The van der Waals surface area contributed by atoms with Crippen LogP contribution in [0.15, 0.2) is 54.3 Å². The van der Waals surface area contributed by atoms with Crippen molar-refractivity contribution in [3.63, 3.8) is 0 Å². The van der Waals surface area contributed by atoms with Gasteiger partial charge in [-0.3, -0.25) is 14.5 Å². The second kappa shape index (κ2) is 8.70. The predicted molar refractivity (Wildman–Crippen MR) is 114 cm³/mol. The number of carbonyl (C=O) groups excluding carboxylic acids is 2. The standard InChI is InChI=1S/C23H23ClN2O3/c24-18-11-5-4-8-16(18)14-21-23(28)26(19-12-6-7-13-20(19)29-21)15-22(27)25-17-9-2-1-3-10-17/h4-8,11-14,17H,1-3,9-10,15H2,(H,25,27). The molecule has 0 unspecified atom stereocenters. The summed E-state index contributed by atoms with van der Waals surface area (Å²) in [6.45, 7) is -0.0461. The molecule has 5 nitrogen and oxygen atoms in total. The van der Waals surface area contributed by atoms with Crippen LogP contribution in [0.25, 0.3) is 6.08 Å². The maximum atomic E-state index is 13.1. The first-order chi connectivity index (χ1) is 14.1. The van der Waals surface area contributed by atoms with Gasteiger partial charge in [0.1, 0.15) is 6.54 Å². The van der Waals surface area contributed by atoms with Crippen LogP contribution >= 0.6 is 11.6 Å². The zero-order valence-electron chi connectivity index (χ0n) is 16.1. The van der Waals surface area contributed by atoms with Crippen LogP contribution in [0, 0.1) is 0 Å². The Morgan fingerprint density at radius 1 is 1.10 bits per heavy atom. The van der Waals surface area contributed by atoms with Crippen LogP contribution in [0.1, 0.15) is 37.7 Å². The first kappa shape index (κ1) is 19.5. The predicted octanol–water partition coefficient (Wildman–Crippen LogP) is 4.56. The number of fused-ring (bicyclic) bond motifs is 1. The summed E-state index contributed by atoms with van der Waals surface area (Å²) < 4.78 is 5.84. The molecular weight excluding hydrogens is 388 g/mol. The molecule has 0 atom stereocenters. The molecule has 1 saturated carbocycles. The maximum Gasteiger partial charge on any atom is 0.294 e. The molecule has 0 radical (unpaired) electrons. The largest absolute Gasteiger partial charge is 0.449 e. The highest BCUT2D eigenvalue weighted by Crippen LogP contribution is 2.35. The van der Waals surface area contributed by atoms with Gasteiger partial charge in [-0.05, 0) is 42.7 Å². The van der Waals surface area contributed by atoms with Crippen LogP contribution in [0.2, 0.25) is 5.02 Å². The molecule has 1 N–H and O–H groups in total. The molecule has 1 aliphatic heterocycles. The average Bonchev–Trinajstić information content (AvgIpc) is 2.73. The fourth-order valence-corrected chi connectivity index (χ4v) is 4.01. The lowest BCUT2D eigenvalue weighted by molar-refractivity contribution is -0.124. The van der Waals surface area contributed by atoms with Crippen molar-refractivity contribution < 1.29 is 14.3 Å². The quantitative estimate of drug-likeness (QED) is 0.752. The highest BCUT2D eigenvalue weighted by atomic mass is 35.5. The van der Waals surface area contributed by atoms with E-state index in [1.54, 1.807) is 24.3 Å². The maximum absolute atomic E-state index is 13.1. The zero-order valence-corrected chi connectivity index (χ0v) is 16.8. The number of anilines is 1. The minimum absolute atomic E-state index is 0.0461. The van der Waals surface area contributed by atoms with Gasteiger partial charge in [0.05, 0.1) is 5.69 Å². The Morgan fingerprint density at radius 3 is 2.62 bits per heavy atom. The van der Waals surface area contributed by atoms with Gasteiger partial charge in [-0.25, -0.2) is 0 Å². The van der Waals surface area contributed by atoms with E-state index in [0.29, 0.717) is 22.0 Å². The Bertz CT molecular complexity index is 951. The second-order valence-corrected chi connectivity index (χ2v) is 7.80. The summed E-state index contributed by atoms with van der Waals surface area (Å²) in [7, 11) is 0.